The van der Waals surface area contributed by atoms with Crippen LogP contribution in [-0.4, -0.2) is 28.0 Å². The van der Waals surface area contributed by atoms with Gasteiger partial charge in [-0.25, -0.2) is 4.79 Å². The van der Waals surface area contributed by atoms with Crippen LogP contribution in [-0.2, 0) is 17.5 Å². The molecule has 150 valence electrons. The van der Waals surface area contributed by atoms with Gasteiger partial charge in [0.05, 0.1) is 23.4 Å². The zero-order valence-electron chi connectivity index (χ0n) is 15.8. The molecule has 0 unspecified atom stereocenters. The lowest BCUT2D eigenvalue weighted by atomic mass is 9.99. The Morgan fingerprint density at radius 3 is 2.64 bits per heavy atom. The summed E-state index contributed by atoms with van der Waals surface area (Å²) in [5, 5.41) is 15.5. The number of alkyl carbamates (subject to hydrolysis) is 1. The fourth-order valence-corrected chi connectivity index (χ4v) is 2.47. The Morgan fingerprint density at radius 1 is 1.32 bits per heavy atom. The lowest BCUT2D eigenvalue weighted by Crippen LogP contribution is -2.33. The topological polar surface area (TPSA) is 79.9 Å². The van der Waals surface area contributed by atoms with Gasteiger partial charge >= 0.3 is 12.3 Å². The van der Waals surface area contributed by atoms with Gasteiger partial charge < -0.3 is 10.1 Å². The molecule has 28 heavy (non-hydrogen) atoms. The normalized spacial score (nSPS) is 11.8. The van der Waals surface area contributed by atoms with Crippen molar-refractivity contribution in [3.63, 3.8) is 0 Å². The Kier molecular flexibility index (Phi) is 6.33. The number of rotatable bonds is 5. The van der Waals surface area contributed by atoms with Crippen molar-refractivity contribution < 1.29 is 22.7 Å². The van der Waals surface area contributed by atoms with Crippen LogP contribution < -0.4 is 5.32 Å². The number of carbonyl (C=O) groups excluding carboxylic acids is 1. The zero-order valence-corrected chi connectivity index (χ0v) is 15.8. The van der Waals surface area contributed by atoms with E-state index in [-0.39, 0.29) is 11.1 Å². The monoisotopic (exact) mass is 394 g/mol. The molecule has 2 rings (SSSR count). The van der Waals surface area contributed by atoms with E-state index in [9.17, 15) is 18.0 Å². The van der Waals surface area contributed by atoms with Crippen LogP contribution >= 0.6 is 0 Å². The Bertz CT molecular complexity index is 877. The van der Waals surface area contributed by atoms with Gasteiger partial charge in [0.2, 0.25) is 0 Å². The van der Waals surface area contributed by atoms with E-state index in [0.717, 1.165) is 6.07 Å². The summed E-state index contributed by atoms with van der Waals surface area (Å²) in [6, 6.07) is 5.16. The number of amides is 1. The maximum atomic E-state index is 13.3. The molecule has 0 aliphatic carbocycles. The number of nitrogens with one attached hydrogen (secondary N) is 1. The Labute approximate surface area is 160 Å². The molecule has 1 N–H and O–H groups in total. The minimum atomic E-state index is -4.58. The van der Waals surface area contributed by atoms with E-state index < -0.39 is 23.4 Å². The van der Waals surface area contributed by atoms with Gasteiger partial charge in [-0.15, -0.1) is 0 Å². The number of aryl methyl sites for hydroxylation is 1. The highest BCUT2D eigenvalue weighted by molar-refractivity contribution is 5.68. The van der Waals surface area contributed by atoms with E-state index >= 15 is 0 Å². The second kappa shape index (κ2) is 8.33. The summed E-state index contributed by atoms with van der Waals surface area (Å²) in [5.41, 5.74) is -1.26. The van der Waals surface area contributed by atoms with E-state index in [0.29, 0.717) is 25.1 Å². The van der Waals surface area contributed by atoms with Gasteiger partial charge in [0.15, 0.2) is 0 Å². The minimum absolute atomic E-state index is 0.0374. The number of benzene rings is 1. The lowest BCUT2D eigenvalue weighted by molar-refractivity contribution is -0.137. The van der Waals surface area contributed by atoms with Crippen LogP contribution in [0.3, 0.4) is 0 Å². The third-order valence-corrected chi connectivity index (χ3v) is 3.63. The molecule has 1 aromatic carbocycles. The molecule has 2 aromatic rings. The molecule has 9 heteroatoms. The highest BCUT2D eigenvalue weighted by atomic mass is 19.4. The van der Waals surface area contributed by atoms with Gasteiger partial charge in [-0.2, -0.15) is 23.5 Å². The van der Waals surface area contributed by atoms with E-state index in [2.05, 4.69) is 10.4 Å². The number of hydrogen-bond acceptors (Lipinski definition) is 4. The first-order valence-electron chi connectivity index (χ1n) is 8.60. The second-order valence-electron chi connectivity index (χ2n) is 7.14. The number of alkyl halides is 3. The number of nitriles is 1. The molecular weight excluding hydrogens is 373 g/mol. The SMILES string of the molecule is CC(C)(C)OC(=O)NCCCn1cc(-c2ccc(C#N)cc2C(F)(F)F)cn1. The van der Waals surface area contributed by atoms with Gasteiger partial charge in [-0.1, -0.05) is 6.07 Å². The van der Waals surface area contributed by atoms with Crippen molar-refractivity contribution in [3.05, 3.63) is 41.7 Å². The van der Waals surface area contributed by atoms with Crippen LogP contribution in [0, 0.1) is 11.3 Å². The third kappa shape index (κ3) is 6.01. The zero-order chi connectivity index (χ0) is 20.9. The van der Waals surface area contributed by atoms with Crippen LogP contribution in [0.15, 0.2) is 30.6 Å². The Morgan fingerprint density at radius 2 is 2.04 bits per heavy atom. The van der Waals surface area contributed by atoms with Crippen molar-refractivity contribution >= 4 is 6.09 Å². The molecule has 0 saturated carbocycles. The standard InChI is InChI=1S/C19H21F3N4O2/c1-18(2,3)28-17(27)24-7-4-8-26-12-14(11-25-26)15-6-5-13(10-23)9-16(15)19(20,21)22/h5-6,9,11-12H,4,7-8H2,1-3H3,(H,24,27). The number of hydrogen-bond donors (Lipinski definition) is 1. The molecule has 1 amide bonds. The predicted molar refractivity (Wildman–Crippen MR) is 96.2 cm³/mol. The highest BCUT2D eigenvalue weighted by Crippen LogP contribution is 2.37. The third-order valence-electron chi connectivity index (χ3n) is 3.63. The number of aromatic nitrogens is 2. The summed E-state index contributed by atoms with van der Waals surface area (Å²) in [6.45, 7) is 6.03. The molecule has 0 aliphatic heterocycles. The largest absolute Gasteiger partial charge is 0.444 e. The van der Waals surface area contributed by atoms with Crippen LogP contribution in [0.5, 0.6) is 0 Å². The van der Waals surface area contributed by atoms with E-state index in [1.807, 2.05) is 0 Å². The first-order chi connectivity index (χ1) is 13.0. The van der Waals surface area contributed by atoms with Crippen LogP contribution in [0.2, 0.25) is 0 Å². The molecular formula is C19H21F3N4O2. The predicted octanol–water partition coefficient (Wildman–Crippen LogP) is 4.36. The van der Waals surface area contributed by atoms with Crippen molar-refractivity contribution in [1.29, 1.82) is 5.26 Å². The molecule has 6 nitrogen and oxygen atoms in total. The van der Waals surface area contributed by atoms with Gasteiger partial charge in [-0.3, -0.25) is 4.68 Å². The Hall–Kier alpha value is -3.02. The van der Waals surface area contributed by atoms with Crippen molar-refractivity contribution in [1.82, 2.24) is 15.1 Å². The summed E-state index contributed by atoms with van der Waals surface area (Å²) in [6.07, 6.45) is -1.73. The molecule has 0 spiro atoms. The minimum Gasteiger partial charge on any atom is -0.444 e. The summed E-state index contributed by atoms with van der Waals surface area (Å²) < 4.78 is 46.5. The van der Waals surface area contributed by atoms with Crippen LogP contribution in [0.4, 0.5) is 18.0 Å². The van der Waals surface area contributed by atoms with Gasteiger partial charge in [0.25, 0.3) is 0 Å². The number of ether oxygens (including phenoxy) is 1. The first kappa shape index (κ1) is 21.3. The van der Waals surface area contributed by atoms with E-state index in [1.165, 1.54) is 29.2 Å². The summed E-state index contributed by atoms with van der Waals surface area (Å²) >= 11 is 0. The number of halogens is 3. The molecule has 0 aliphatic rings. The quantitative estimate of drug-likeness (QED) is 0.765. The lowest BCUT2D eigenvalue weighted by Gasteiger charge is -2.19. The second-order valence-corrected chi connectivity index (χ2v) is 7.14. The van der Waals surface area contributed by atoms with Gasteiger partial charge in [0, 0.05) is 24.8 Å². The molecule has 1 heterocycles. The van der Waals surface area contributed by atoms with Crippen molar-refractivity contribution in [2.24, 2.45) is 0 Å². The number of carbonyl (C=O) groups is 1. The molecule has 0 atom stereocenters. The fraction of sp³-hybridized carbons (Fsp3) is 0.421. The molecule has 0 saturated heterocycles. The molecule has 1 aromatic heterocycles. The van der Waals surface area contributed by atoms with Crippen molar-refractivity contribution in [3.8, 4) is 17.2 Å². The van der Waals surface area contributed by atoms with Crippen LogP contribution in [0.25, 0.3) is 11.1 Å². The number of nitrogens with zero attached hydrogens (tertiary/aromatic N) is 3. The molecule has 0 fully saturated rings. The Balaban J connectivity index is 2.01. The maximum Gasteiger partial charge on any atom is 0.417 e. The van der Waals surface area contributed by atoms with Crippen molar-refractivity contribution in [2.75, 3.05) is 6.54 Å². The average molecular weight is 394 g/mol. The smallest absolute Gasteiger partial charge is 0.417 e. The van der Waals surface area contributed by atoms with Gasteiger partial charge in [-0.05, 0) is 44.9 Å². The highest BCUT2D eigenvalue weighted by Gasteiger charge is 2.34. The van der Waals surface area contributed by atoms with E-state index in [4.69, 9.17) is 10.00 Å². The summed E-state index contributed by atoms with van der Waals surface area (Å²) in [4.78, 5) is 11.6. The fourth-order valence-electron chi connectivity index (χ4n) is 2.47. The maximum absolute atomic E-state index is 13.3. The first-order valence-corrected chi connectivity index (χ1v) is 8.60. The van der Waals surface area contributed by atoms with Gasteiger partial charge in [0.1, 0.15) is 5.60 Å². The summed E-state index contributed by atoms with van der Waals surface area (Å²) in [5.74, 6) is 0. The molecule has 0 radical (unpaired) electrons. The van der Waals surface area contributed by atoms with Crippen LogP contribution in [0.1, 0.15) is 38.3 Å². The average Bonchev–Trinajstić information content (AvgIpc) is 3.04. The van der Waals surface area contributed by atoms with E-state index in [1.54, 1.807) is 26.8 Å². The molecule has 0 bridgehead atoms. The summed E-state index contributed by atoms with van der Waals surface area (Å²) in [7, 11) is 0. The van der Waals surface area contributed by atoms with Crippen molar-refractivity contribution in [2.45, 2.75) is 45.5 Å².